The van der Waals surface area contributed by atoms with Gasteiger partial charge in [0.15, 0.2) is 0 Å². The Labute approximate surface area is 175 Å². The van der Waals surface area contributed by atoms with Gasteiger partial charge in [0.2, 0.25) is 0 Å². The van der Waals surface area contributed by atoms with Gasteiger partial charge in [-0.25, -0.2) is 0 Å². The van der Waals surface area contributed by atoms with Crippen molar-refractivity contribution in [1.29, 1.82) is 0 Å². The Morgan fingerprint density at radius 2 is 0.690 bits per heavy atom. The molecule has 0 amide bonds. The van der Waals surface area contributed by atoms with E-state index in [1.54, 1.807) is 11.3 Å². The topological polar surface area (TPSA) is 0 Å². The smallest absolute Gasteiger partial charge is 0.0342 e. The van der Waals surface area contributed by atoms with Crippen molar-refractivity contribution in [2.75, 3.05) is 0 Å². The quantitative estimate of drug-likeness (QED) is 0.290. The predicted molar refractivity (Wildman–Crippen MR) is 126 cm³/mol. The highest BCUT2D eigenvalue weighted by molar-refractivity contribution is 7.13. The molecular weight excluding hydrogens is 368 g/mol. The van der Waals surface area contributed by atoms with Gasteiger partial charge in [0, 0.05) is 4.88 Å². The Hall–Kier alpha value is -3.42. The summed E-state index contributed by atoms with van der Waals surface area (Å²) < 4.78 is 0. The van der Waals surface area contributed by atoms with Gasteiger partial charge in [-0.2, -0.15) is 0 Å². The van der Waals surface area contributed by atoms with Gasteiger partial charge in [0.25, 0.3) is 0 Å². The highest BCUT2D eigenvalue weighted by Gasteiger charge is 2.03. The average Bonchev–Trinajstić information content (AvgIpc) is 3.35. The zero-order chi connectivity index (χ0) is 19.5. The van der Waals surface area contributed by atoms with Crippen LogP contribution in [0, 0.1) is 0 Å². The van der Waals surface area contributed by atoms with Crippen LogP contribution in [-0.2, 0) is 0 Å². The molecule has 1 aromatic heterocycles. The van der Waals surface area contributed by atoms with E-state index in [2.05, 4.69) is 121 Å². The van der Waals surface area contributed by atoms with Crippen LogP contribution in [0.15, 0.2) is 121 Å². The fraction of sp³-hybridized carbons (Fsp3) is 0. The summed E-state index contributed by atoms with van der Waals surface area (Å²) in [6.07, 6.45) is 0. The van der Waals surface area contributed by atoms with E-state index in [9.17, 15) is 0 Å². The molecule has 0 saturated heterocycles. The molecule has 0 aliphatic rings. The maximum absolute atomic E-state index is 2.21. The van der Waals surface area contributed by atoms with E-state index in [1.807, 2.05) is 0 Å². The molecule has 0 bridgehead atoms. The summed E-state index contributed by atoms with van der Waals surface area (Å²) in [4.78, 5) is 1.31. The predicted octanol–water partition coefficient (Wildman–Crippen LogP) is 8.42. The summed E-state index contributed by atoms with van der Waals surface area (Å²) in [5.74, 6) is 0. The van der Waals surface area contributed by atoms with Crippen molar-refractivity contribution in [2.24, 2.45) is 0 Å². The van der Waals surface area contributed by atoms with Crippen LogP contribution in [0.2, 0.25) is 0 Å². The van der Waals surface area contributed by atoms with Crippen LogP contribution < -0.4 is 0 Å². The van der Waals surface area contributed by atoms with Gasteiger partial charge in [-0.1, -0.05) is 109 Å². The first-order valence-corrected chi connectivity index (χ1v) is 10.6. The van der Waals surface area contributed by atoms with Crippen LogP contribution in [-0.4, -0.2) is 0 Å². The molecule has 5 aromatic rings. The Balaban J connectivity index is 1.36. The van der Waals surface area contributed by atoms with Crippen LogP contribution in [0.5, 0.6) is 0 Å². The molecule has 0 aliphatic heterocycles. The van der Waals surface area contributed by atoms with Gasteiger partial charge < -0.3 is 0 Å². The highest BCUT2D eigenvalue weighted by Crippen LogP contribution is 2.30. The zero-order valence-corrected chi connectivity index (χ0v) is 16.8. The monoisotopic (exact) mass is 388 g/mol. The Morgan fingerprint density at radius 1 is 0.310 bits per heavy atom. The minimum atomic E-state index is 1.24. The highest BCUT2D eigenvalue weighted by atomic mass is 32.1. The first-order chi connectivity index (χ1) is 14.4. The van der Waals surface area contributed by atoms with E-state index in [-0.39, 0.29) is 0 Å². The van der Waals surface area contributed by atoms with Crippen LogP contribution >= 0.6 is 11.3 Å². The summed E-state index contributed by atoms with van der Waals surface area (Å²) in [5.41, 5.74) is 8.74. The molecule has 0 unspecified atom stereocenters. The molecule has 4 aromatic carbocycles. The van der Waals surface area contributed by atoms with E-state index in [1.165, 1.54) is 43.8 Å². The van der Waals surface area contributed by atoms with Crippen molar-refractivity contribution >= 4 is 11.3 Å². The van der Waals surface area contributed by atoms with Crippen LogP contribution in [0.4, 0.5) is 0 Å². The minimum Gasteiger partial charge on any atom is -0.144 e. The molecule has 0 N–H and O–H groups in total. The van der Waals surface area contributed by atoms with Gasteiger partial charge in [0.05, 0.1) is 0 Å². The maximum atomic E-state index is 2.21. The Bertz CT molecular complexity index is 1180. The molecule has 0 atom stereocenters. The molecule has 0 radical (unpaired) electrons. The first-order valence-electron chi connectivity index (χ1n) is 9.77. The molecule has 0 spiro atoms. The van der Waals surface area contributed by atoms with Crippen molar-refractivity contribution in [2.45, 2.75) is 0 Å². The van der Waals surface area contributed by atoms with Crippen LogP contribution in [0.3, 0.4) is 0 Å². The van der Waals surface area contributed by atoms with E-state index < -0.39 is 0 Å². The van der Waals surface area contributed by atoms with E-state index in [0.29, 0.717) is 0 Å². The molecule has 0 aliphatic carbocycles. The van der Waals surface area contributed by atoms with E-state index >= 15 is 0 Å². The Kier molecular flexibility index (Phi) is 4.81. The van der Waals surface area contributed by atoms with E-state index in [0.717, 1.165) is 0 Å². The third kappa shape index (κ3) is 3.78. The second kappa shape index (κ2) is 7.90. The van der Waals surface area contributed by atoms with Crippen LogP contribution in [0.25, 0.3) is 43.8 Å². The molecule has 0 fully saturated rings. The lowest BCUT2D eigenvalue weighted by molar-refractivity contribution is 1.57. The molecule has 1 heteroatoms. The second-order valence-corrected chi connectivity index (χ2v) is 8.02. The number of thiophene rings is 1. The van der Waals surface area contributed by atoms with Crippen molar-refractivity contribution in [1.82, 2.24) is 0 Å². The lowest BCUT2D eigenvalue weighted by atomic mass is 9.97. The van der Waals surface area contributed by atoms with Gasteiger partial charge in [-0.15, -0.1) is 11.3 Å². The van der Waals surface area contributed by atoms with Gasteiger partial charge in [0.1, 0.15) is 0 Å². The van der Waals surface area contributed by atoms with Gasteiger partial charge in [-0.3, -0.25) is 0 Å². The van der Waals surface area contributed by atoms with Gasteiger partial charge in [-0.05, 0) is 50.4 Å². The van der Waals surface area contributed by atoms with Crippen molar-refractivity contribution in [3.8, 4) is 43.8 Å². The largest absolute Gasteiger partial charge is 0.144 e. The molecule has 1 heterocycles. The first kappa shape index (κ1) is 17.7. The number of hydrogen-bond acceptors (Lipinski definition) is 1. The number of benzene rings is 4. The standard InChI is InChI=1S/C28H20S/c1-2-5-21(6-3-1)22-8-10-23(11-9-22)24-12-14-25(15-13-24)26-16-18-27(19-17-26)28-7-4-20-29-28/h1-20H. The number of rotatable bonds is 4. The van der Waals surface area contributed by atoms with Crippen molar-refractivity contribution in [3.05, 3.63) is 121 Å². The number of hydrogen-bond donors (Lipinski definition) is 0. The SMILES string of the molecule is c1ccc(-c2ccc(-c3ccc(-c4ccc(-c5cccs5)cc4)cc3)cc2)cc1. The third-order valence-corrected chi connectivity index (χ3v) is 6.15. The third-order valence-electron chi connectivity index (χ3n) is 5.23. The average molecular weight is 389 g/mol. The molecule has 0 saturated carbocycles. The Morgan fingerprint density at radius 3 is 1.07 bits per heavy atom. The van der Waals surface area contributed by atoms with Crippen LogP contribution in [0.1, 0.15) is 0 Å². The molecule has 5 rings (SSSR count). The fourth-order valence-electron chi connectivity index (χ4n) is 3.61. The van der Waals surface area contributed by atoms with E-state index in [4.69, 9.17) is 0 Å². The van der Waals surface area contributed by atoms with Crippen molar-refractivity contribution in [3.63, 3.8) is 0 Å². The lowest BCUT2D eigenvalue weighted by Crippen LogP contribution is -1.82. The zero-order valence-electron chi connectivity index (χ0n) is 16.0. The summed E-state index contributed by atoms with van der Waals surface area (Å²) in [5, 5.41) is 2.12. The second-order valence-electron chi connectivity index (χ2n) is 7.08. The fourth-order valence-corrected chi connectivity index (χ4v) is 4.34. The molecule has 29 heavy (non-hydrogen) atoms. The minimum absolute atomic E-state index is 1.24. The summed E-state index contributed by atoms with van der Waals surface area (Å²) in [6.45, 7) is 0. The lowest BCUT2D eigenvalue weighted by Gasteiger charge is -2.07. The maximum Gasteiger partial charge on any atom is 0.0342 e. The summed E-state index contributed by atoms with van der Waals surface area (Å²) >= 11 is 1.78. The normalized spacial score (nSPS) is 10.8. The van der Waals surface area contributed by atoms with Gasteiger partial charge >= 0.3 is 0 Å². The molecule has 138 valence electrons. The molecular formula is C28H20S. The van der Waals surface area contributed by atoms with Crippen molar-refractivity contribution < 1.29 is 0 Å². The summed E-state index contributed by atoms with van der Waals surface area (Å²) in [6, 6.07) is 41.2. The molecule has 0 nitrogen and oxygen atoms in total. The summed E-state index contributed by atoms with van der Waals surface area (Å²) in [7, 11) is 0.